The van der Waals surface area contributed by atoms with Gasteiger partial charge in [0.05, 0.1) is 6.10 Å². The average molecular weight is 157 g/mol. The third kappa shape index (κ3) is 2.46. The number of hydrogen-bond donors (Lipinski definition) is 1. The molecule has 0 heterocycles. The van der Waals surface area contributed by atoms with Gasteiger partial charge in [-0.15, -0.1) is 0 Å². The van der Waals surface area contributed by atoms with Gasteiger partial charge < -0.3 is 10.5 Å². The highest BCUT2D eigenvalue weighted by Gasteiger charge is 2.34. The summed E-state index contributed by atoms with van der Waals surface area (Å²) in [6.45, 7) is 2.17. The molecular formula is C9H19NO. The predicted molar refractivity (Wildman–Crippen MR) is 46.4 cm³/mol. The van der Waals surface area contributed by atoms with E-state index in [1.54, 1.807) is 7.11 Å². The Balaban J connectivity index is 2.27. The Bertz CT molecular complexity index is 112. The second-order valence-corrected chi connectivity index (χ2v) is 3.49. The average Bonchev–Trinajstić information content (AvgIpc) is 2.73. The molecule has 1 rings (SSSR count). The fourth-order valence-electron chi connectivity index (χ4n) is 1.64. The maximum absolute atomic E-state index is 5.95. The first-order chi connectivity index (χ1) is 5.29. The van der Waals surface area contributed by atoms with Crippen molar-refractivity contribution in [1.29, 1.82) is 0 Å². The second-order valence-electron chi connectivity index (χ2n) is 3.49. The molecule has 1 aliphatic rings. The van der Waals surface area contributed by atoms with Gasteiger partial charge in [-0.05, 0) is 25.2 Å². The van der Waals surface area contributed by atoms with Gasteiger partial charge >= 0.3 is 0 Å². The van der Waals surface area contributed by atoms with Crippen LogP contribution in [0.5, 0.6) is 0 Å². The van der Waals surface area contributed by atoms with Gasteiger partial charge in [0.25, 0.3) is 0 Å². The zero-order valence-electron chi connectivity index (χ0n) is 7.55. The van der Waals surface area contributed by atoms with Crippen LogP contribution in [0.25, 0.3) is 0 Å². The second kappa shape index (κ2) is 4.07. The van der Waals surface area contributed by atoms with E-state index >= 15 is 0 Å². The Kier molecular flexibility index (Phi) is 3.34. The van der Waals surface area contributed by atoms with E-state index in [0.29, 0.717) is 6.10 Å². The van der Waals surface area contributed by atoms with Gasteiger partial charge in [0.15, 0.2) is 0 Å². The lowest BCUT2D eigenvalue weighted by Gasteiger charge is -2.21. The molecular weight excluding hydrogens is 138 g/mol. The summed E-state index contributed by atoms with van der Waals surface area (Å²) in [5.74, 6) is 0.765. The summed E-state index contributed by atoms with van der Waals surface area (Å²) >= 11 is 0. The highest BCUT2D eigenvalue weighted by molar-refractivity contribution is 4.88. The van der Waals surface area contributed by atoms with E-state index < -0.39 is 0 Å². The number of ether oxygens (including phenoxy) is 1. The number of hydrogen-bond acceptors (Lipinski definition) is 2. The van der Waals surface area contributed by atoms with Gasteiger partial charge in [0.1, 0.15) is 0 Å². The normalized spacial score (nSPS) is 23.2. The van der Waals surface area contributed by atoms with Crippen molar-refractivity contribution in [1.82, 2.24) is 0 Å². The minimum absolute atomic E-state index is 0.262. The standard InChI is InChI=1S/C9H19NO/c1-3-4-8(10)9(11-2)7-5-6-7/h7-9H,3-6,10H2,1-2H3/t8-,9?/m0/s1. The summed E-state index contributed by atoms with van der Waals surface area (Å²) in [6.07, 6.45) is 5.21. The van der Waals surface area contributed by atoms with Gasteiger partial charge in [0, 0.05) is 13.2 Å². The van der Waals surface area contributed by atoms with Crippen LogP contribution in [0.2, 0.25) is 0 Å². The molecule has 66 valence electrons. The van der Waals surface area contributed by atoms with Crippen molar-refractivity contribution in [2.75, 3.05) is 7.11 Å². The Hall–Kier alpha value is -0.0800. The topological polar surface area (TPSA) is 35.2 Å². The molecule has 0 aromatic heterocycles. The summed E-state index contributed by atoms with van der Waals surface area (Å²) in [6, 6.07) is 0.262. The molecule has 1 saturated carbocycles. The first-order valence-electron chi connectivity index (χ1n) is 4.58. The fourth-order valence-corrected chi connectivity index (χ4v) is 1.64. The predicted octanol–water partition coefficient (Wildman–Crippen LogP) is 1.54. The summed E-state index contributed by atoms with van der Waals surface area (Å²) in [4.78, 5) is 0. The summed E-state index contributed by atoms with van der Waals surface area (Å²) in [7, 11) is 1.78. The number of methoxy groups -OCH3 is 1. The molecule has 0 bridgehead atoms. The van der Waals surface area contributed by atoms with Crippen molar-refractivity contribution < 1.29 is 4.74 Å². The molecule has 0 saturated heterocycles. The third-order valence-corrected chi connectivity index (χ3v) is 2.40. The third-order valence-electron chi connectivity index (χ3n) is 2.40. The molecule has 2 atom stereocenters. The molecule has 0 aliphatic heterocycles. The zero-order chi connectivity index (χ0) is 8.27. The molecule has 0 aromatic rings. The zero-order valence-corrected chi connectivity index (χ0v) is 7.55. The molecule has 2 heteroatoms. The van der Waals surface area contributed by atoms with Crippen LogP contribution in [0.4, 0.5) is 0 Å². The van der Waals surface area contributed by atoms with Crippen LogP contribution < -0.4 is 5.73 Å². The Morgan fingerprint density at radius 3 is 2.55 bits per heavy atom. The molecule has 11 heavy (non-hydrogen) atoms. The van der Waals surface area contributed by atoms with Gasteiger partial charge in [-0.2, -0.15) is 0 Å². The van der Waals surface area contributed by atoms with E-state index in [4.69, 9.17) is 10.5 Å². The van der Waals surface area contributed by atoms with Gasteiger partial charge in [0.2, 0.25) is 0 Å². The van der Waals surface area contributed by atoms with Crippen LogP contribution in [0.3, 0.4) is 0 Å². The van der Waals surface area contributed by atoms with Gasteiger partial charge in [-0.25, -0.2) is 0 Å². The van der Waals surface area contributed by atoms with Crippen LogP contribution in [-0.2, 0) is 4.74 Å². The van der Waals surface area contributed by atoms with Crippen LogP contribution in [-0.4, -0.2) is 19.3 Å². The monoisotopic (exact) mass is 157 g/mol. The Morgan fingerprint density at radius 1 is 1.55 bits per heavy atom. The van der Waals surface area contributed by atoms with Crippen molar-refractivity contribution in [3.8, 4) is 0 Å². The Labute approximate surface area is 69.1 Å². The van der Waals surface area contributed by atoms with Gasteiger partial charge in [-0.1, -0.05) is 13.3 Å². The molecule has 0 spiro atoms. The molecule has 2 N–H and O–H groups in total. The summed E-state index contributed by atoms with van der Waals surface area (Å²) in [5, 5.41) is 0. The molecule has 1 fully saturated rings. The number of nitrogens with two attached hydrogens (primary N) is 1. The number of rotatable bonds is 5. The summed E-state index contributed by atoms with van der Waals surface area (Å²) in [5.41, 5.74) is 5.95. The van der Waals surface area contributed by atoms with Crippen molar-refractivity contribution in [3.05, 3.63) is 0 Å². The lowest BCUT2D eigenvalue weighted by molar-refractivity contribution is 0.0600. The van der Waals surface area contributed by atoms with Crippen molar-refractivity contribution in [3.63, 3.8) is 0 Å². The minimum atomic E-state index is 0.262. The largest absolute Gasteiger partial charge is 0.380 e. The van der Waals surface area contributed by atoms with E-state index in [1.165, 1.54) is 12.8 Å². The molecule has 1 aliphatic carbocycles. The van der Waals surface area contributed by atoms with Crippen LogP contribution in [0.1, 0.15) is 32.6 Å². The lowest BCUT2D eigenvalue weighted by Crippen LogP contribution is -2.37. The highest BCUT2D eigenvalue weighted by atomic mass is 16.5. The van der Waals surface area contributed by atoms with Gasteiger partial charge in [-0.3, -0.25) is 0 Å². The van der Waals surface area contributed by atoms with E-state index in [-0.39, 0.29) is 6.04 Å². The minimum Gasteiger partial charge on any atom is -0.380 e. The van der Waals surface area contributed by atoms with Crippen molar-refractivity contribution in [2.45, 2.75) is 44.8 Å². The summed E-state index contributed by atoms with van der Waals surface area (Å²) < 4.78 is 5.36. The van der Waals surface area contributed by atoms with Crippen molar-refractivity contribution in [2.24, 2.45) is 11.7 Å². The SMILES string of the molecule is CCC[C@H](N)C(OC)C1CC1. The van der Waals surface area contributed by atoms with E-state index in [9.17, 15) is 0 Å². The maximum Gasteiger partial charge on any atom is 0.0750 e. The first-order valence-corrected chi connectivity index (χ1v) is 4.58. The van der Waals surface area contributed by atoms with Crippen molar-refractivity contribution >= 4 is 0 Å². The molecule has 0 aromatic carbocycles. The smallest absolute Gasteiger partial charge is 0.0750 e. The van der Waals surface area contributed by atoms with Crippen LogP contribution in [0.15, 0.2) is 0 Å². The highest BCUT2D eigenvalue weighted by Crippen LogP contribution is 2.35. The lowest BCUT2D eigenvalue weighted by atomic mass is 10.0. The molecule has 0 radical (unpaired) electrons. The van der Waals surface area contributed by atoms with E-state index in [0.717, 1.165) is 18.8 Å². The first kappa shape index (κ1) is 9.01. The van der Waals surface area contributed by atoms with Crippen LogP contribution >= 0.6 is 0 Å². The molecule has 0 amide bonds. The fraction of sp³-hybridized carbons (Fsp3) is 1.00. The van der Waals surface area contributed by atoms with E-state index in [1.807, 2.05) is 0 Å². The quantitative estimate of drug-likeness (QED) is 0.657. The molecule has 2 nitrogen and oxygen atoms in total. The molecule has 1 unspecified atom stereocenters. The maximum atomic E-state index is 5.95. The van der Waals surface area contributed by atoms with E-state index in [2.05, 4.69) is 6.92 Å². The van der Waals surface area contributed by atoms with Crippen LogP contribution in [0, 0.1) is 5.92 Å². The Morgan fingerprint density at radius 2 is 2.18 bits per heavy atom.